The van der Waals surface area contributed by atoms with Gasteiger partial charge in [0, 0.05) is 18.8 Å². The zero-order valence-electron chi connectivity index (χ0n) is 9.95. The van der Waals surface area contributed by atoms with E-state index in [0.717, 1.165) is 36.5 Å². The first-order chi connectivity index (χ1) is 8.44. The molecule has 2 nitrogen and oxygen atoms in total. The van der Waals surface area contributed by atoms with Crippen LogP contribution in [0.15, 0.2) is 24.3 Å². The average Bonchev–Trinajstić information content (AvgIpc) is 2.75. The third-order valence-corrected chi connectivity index (χ3v) is 4.06. The van der Waals surface area contributed by atoms with Gasteiger partial charge in [-0.15, -0.1) is 13.2 Å². The van der Waals surface area contributed by atoms with Gasteiger partial charge in [-0.05, 0) is 42.0 Å². The molecule has 5 heteroatoms. The lowest BCUT2D eigenvalue weighted by Gasteiger charge is -2.21. The lowest BCUT2D eigenvalue weighted by atomic mass is 10.2. The molecule has 1 saturated heterocycles. The molecule has 0 bridgehead atoms. The van der Waals surface area contributed by atoms with Crippen LogP contribution in [-0.4, -0.2) is 19.5 Å². The molecule has 98 valence electrons. The van der Waals surface area contributed by atoms with E-state index in [2.05, 4.69) is 16.6 Å². The van der Waals surface area contributed by atoms with E-state index in [1.807, 2.05) is 0 Å². The molecule has 2 atom stereocenters. The molecule has 1 aliphatic heterocycles. The fraction of sp³-hybridized carbons (Fsp3) is 0.538. The smallest absolute Gasteiger partial charge is 0.406 e. The van der Waals surface area contributed by atoms with Crippen molar-refractivity contribution in [2.75, 3.05) is 18.0 Å². The van der Waals surface area contributed by atoms with Crippen LogP contribution >= 0.6 is 0 Å². The fourth-order valence-corrected chi connectivity index (χ4v) is 2.89. The number of halogens is 3. The minimum absolute atomic E-state index is 0.163. The molecule has 1 aromatic rings. The molecule has 0 N–H and O–H groups in total. The topological polar surface area (TPSA) is 12.5 Å². The standard InChI is InChI=1S/C13H14F3NO/c1-8-11-6-17(7-12(8)11)9-2-4-10(5-3-9)18-13(14,15)16/h2-5,8,11-12H,6-7H2,1H3. The van der Waals surface area contributed by atoms with Crippen LogP contribution in [0, 0.1) is 17.8 Å². The van der Waals surface area contributed by atoms with Gasteiger partial charge in [-0.1, -0.05) is 6.92 Å². The van der Waals surface area contributed by atoms with E-state index in [-0.39, 0.29) is 5.75 Å². The number of ether oxygens (including phenoxy) is 1. The second-order valence-corrected chi connectivity index (χ2v) is 5.13. The summed E-state index contributed by atoms with van der Waals surface area (Å²) in [5.41, 5.74) is 0.976. The average molecular weight is 257 g/mol. The maximum atomic E-state index is 12.0. The summed E-state index contributed by atoms with van der Waals surface area (Å²) in [6.45, 7) is 4.30. The summed E-state index contributed by atoms with van der Waals surface area (Å²) in [6.07, 6.45) is -4.62. The lowest BCUT2D eigenvalue weighted by Crippen LogP contribution is -2.23. The van der Waals surface area contributed by atoms with E-state index in [4.69, 9.17) is 0 Å². The molecule has 2 aliphatic rings. The monoisotopic (exact) mass is 257 g/mol. The first-order valence-electron chi connectivity index (χ1n) is 6.05. The van der Waals surface area contributed by atoms with Gasteiger partial charge >= 0.3 is 6.36 Å². The predicted octanol–water partition coefficient (Wildman–Crippen LogP) is 3.29. The SMILES string of the molecule is CC1C2CN(c3ccc(OC(F)(F)F)cc3)CC12. The summed E-state index contributed by atoms with van der Waals surface area (Å²) in [7, 11) is 0. The van der Waals surface area contributed by atoms with Gasteiger partial charge in [-0.2, -0.15) is 0 Å². The van der Waals surface area contributed by atoms with Crippen LogP contribution in [0.3, 0.4) is 0 Å². The van der Waals surface area contributed by atoms with Crippen LogP contribution in [0.25, 0.3) is 0 Å². The second kappa shape index (κ2) is 3.80. The van der Waals surface area contributed by atoms with Crippen molar-refractivity contribution < 1.29 is 17.9 Å². The van der Waals surface area contributed by atoms with E-state index in [1.54, 1.807) is 12.1 Å². The summed E-state index contributed by atoms with van der Waals surface area (Å²) >= 11 is 0. The van der Waals surface area contributed by atoms with Gasteiger partial charge < -0.3 is 9.64 Å². The Kier molecular flexibility index (Phi) is 2.47. The van der Waals surface area contributed by atoms with E-state index in [9.17, 15) is 13.2 Å². The Hall–Kier alpha value is -1.39. The Morgan fingerprint density at radius 2 is 1.67 bits per heavy atom. The van der Waals surface area contributed by atoms with Crippen molar-refractivity contribution in [2.24, 2.45) is 17.8 Å². The normalized spacial score (nSPS) is 30.2. The third-order valence-electron chi connectivity index (χ3n) is 4.06. The van der Waals surface area contributed by atoms with Crippen LogP contribution < -0.4 is 9.64 Å². The molecule has 1 heterocycles. The van der Waals surface area contributed by atoms with Crippen molar-refractivity contribution in [3.63, 3.8) is 0 Å². The van der Waals surface area contributed by atoms with Gasteiger partial charge in [0.2, 0.25) is 0 Å². The molecule has 0 aromatic heterocycles. The first-order valence-corrected chi connectivity index (χ1v) is 6.05. The highest BCUT2D eigenvalue weighted by atomic mass is 19.4. The van der Waals surface area contributed by atoms with E-state index in [1.165, 1.54) is 12.1 Å². The Balaban J connectivity index is 1.65. The van der Waals surface area contributed by atoms with Crippen molar-refractivity contribution in [2.45, 2.75) is 13.3 Å². The summed E-state index contributed by atoms with van der Waals surface area (Å²) in [4.78, 5) is 2.23. The molecule has 1 aliphatic carbocycles. The molecule has 18 heavy (non-hydrogen) atoms. The van der Waals surface area contributed by atoms with Gasteiger partial charge in [-0.25, -0.2) is 0 Å². The number of nitrogens with zero attached hydrogens (tertiary/aromatic N) is 1. The van der Waals surface area contributed by atoms with Crippen LogP contribution in [0.1, 0.15) is 6.92 Å². The molecular weight excluding hydrogens is 243 g/mol. The second-order valence-electron chi connectivity index (χ2n) is 5.13. The van der Waals surface area contributed by atoms with Crippen LogP contribution in [-0.2, 0) is 0 Å². The third kappa shape index (κ3) is 2.13. The van der Waals surface area contributed by atoms with Gasteiger partial charge in [-0.3, -0.25) is 0 Å². The molecule has 3 rings (SSSR count). The number of alkyl halides is 3. The first kappa shape index (κ1) is 11.7. The van der Waals surface area contributed by atoms with Gasteiger partial charge in [0.05, 0.1) is 0 Å². The molecule has 2 fully saturated rings. The van der Waals surface area contributed by atoms with Gasteiger partial charge in [0.25, 0.3) is 0 Å². The van der Waals surface area contributed by atoms with E-state index in [0.29, 0.717) is 0 Å². The number of rotatable bonds is 2. The van der Waals surface area contributed by atoms with Crippen molar-refractivity contribution >= 4 is 5.69 Å². The largest absolute Gasteiger partial charge is 0.573 e. The molecule has 1 aromatic carbocycles. The number of hydrogen-bond donors (Lipinski definition) is 0. The number of benzene rings is 1. The van der Waals surface area contributed by atoms with Crippen LogP contribution in [0.2, 0.25) is 0 Å². The highest BCUT2D eigenvalue weighted by molar-refractivity contribution is 5.51. The molecule has 0 radical (unpaired) electrons. The van der Waals surface area contributed by atoms with Crippen LogP contribution in [0.5, 0.6) is 5.75 Å². The number of anilines is 1. The Bertz CT molecular complexity index is 431. The number of hydrogen-bond acceptors (Lipinski definition) is 2. The zero-order valence-corrected chi connectivity index (χ0v) is 9.95. The van der Waals surface area contributed by atoms with Crippen molar-refractivity contribution in [3.8, 4) is 5.75 Å². The maximum absolute atomic E-state index is 12.0. The highest BCUT2D eigenvalue weighted by Crippen LogP contribution is 2.52. The van der Waals surface area contributed by atoms with Gasteiger partial charge in [0.15, 0.2) is 0 Å². The Morgan fingerprint density at radius 1 is 1.11 bits per heavy atom. The number of piperidine rings is 1. The molecular formula is C13H14F3NO. The van der Waals surface area contributed by atoms with Crippen LogP contribution in [0.4, 0.5) is 18.9 Å². The summed E-state index contributed by atoms with van der Waals surface area (Å²) in [6, 6.07) is 6.12. The maximum Gasteiger partial charge on any atom is 0.573 e. The van der Waals surface area contributed by atoms with Crippen molar-refractivity contribution in [1.82, 2.24) is 0 Å². The van der Waals surface area contributed by atoms with Crippen molar-refractivity contribution in [3.05, 3.63) is 24.3 Å². The zero-order chi connectivity index (χ0) is 12.9. The van der Waals surface area contributed by atoms with Gasteiger partial charge in [0.1, 0.15) is 5.75 Å². The van der Waals surface area contributed by atoms with Crippen molar-refractivity contribution in [1.29, 1.82) is 0 Å². The summed E-state index contributed by atoms with van der Waals surface area (Å²) in [5.74, 6) is 2.20. The molecule has 0 amide bonds. The Morgan fingerprint density at radius 3 is 2.17 bits per heavy atom. The molecule has 0 spiro atoms. The lowest BCUT2D eigenvalue weighted by molar-refractivity contribution is -0.274. The number of fused-ring (bicyclic) bond motifs is 1. The molecule has 1 saturated carbocycles. The van der Waals surface area contributed by atoms with E-state index < -0.39 is 6.36 Å². The minimum Gasteiger partial charge on any atom is -0.406 e. The Labute approximate surface area is 103 Å². The molecule has 2 unspecified atom stereocenters. The summed E-state index contributed by atoms with van der Waals surface area (Å²) < 4.78 is 39.9. The quantitative estimate of drug-likeness (QED) is 0.806. The minimum atomic E-state index is -4.62. The predicted molar refractivity (Wildman–Crippen MR) is 61.5 cm³/mol. The fourth-order valence-electron chi connectivity index (χ4n) is 2.89. The van der Waals surface area contributed by atoms with E-state index >= 15 is 0 Å². The highest BCUT2D eigenvalue weighted by Gasteiger charge is 2.52. The summed E-state index contributed by atoms with van der Waals surface area (Å²) in [5, 5.41) is 0.